The zero-order chi connectivity index (χ0) is 28.2. The monoisotopic (exact) mass is 545 g/mol. The van der Waals surface area contributed by atoms with E-state index in [9.17, 15) is 18.0 Å². The van der Waals surface area contributed by atoms with Crippen molar-refractivity contribution >= 4 is 27.3 Å². The molecule has 2 atom stereocenters. The molecule has 0 saturated heterocycles. The number of nitrogens with zero attached hydrogens (tertiary/aromatic N) is 1. The number of carbonyl (C=O) groups is 2. The molecule has 1 aromatic heterocycles. The third-order valence-electron chi connectivity index (χ3n) is 6.22. The molecule has 9 heteroatoms. The molecule has 0 aliphatic rings. The fourth-order valence-electron chi connectivity index (χ4n) is 4.38. The molecule has 2 unspecified atom stereocenters. The molecule has 3 N–H and O–H groups in total. The Morgan fingerprint density at radius 1 is 0.872 bits per heavy atom. The minimum absolute atomic E-state index is 0.0925. The molecule has 2 amide bonds. The zero-order valence-corrected chi connectivity index (χ0v) is 22.8. The lowest BCUT2D eigenvalue weighted by atomic mass is 10.1. The van der Waals surface area contributed by atoms with Crippen LogP contribution in [0.15, 0.2) is 100 Å². The summed E-state index contributed by atoms with van der Waals surface area (Å²) in [6.45, 7) is 5.61. The van der Waals surface area contributed by atoms with E-state index in [1.165, 1.54) is 12.1 Å². The van der Waals surface area contributed by atoms with E-state index in [1.54, 1.807) is 49.4 Å². The molecule has 0 radical (unpaired) electrons. The molecule has 0 spiro atoms. The van der Waals surface area contributed by atoms with E-state index in [2.05, 4.69) is 5.32 Å². The second-order valence-corrected chi connectivity index (χ2v) is 11.5. The second-order valence-electron chi connectivity index (χ2n) is 9.39. The number of rotatable bonds is 9. The van der Waals surface area contributed by atoms with Gasteiger partial charge in [-0.15, -0.1) is 0 Å². The van der Waals surface area contributed by atoms with E-state index < -0.39 is 33.1 Å². The molecule has 4 aromatic rings. The lowest BCUT2D eigenvalue weighted by Crippen LogP contribution is -2.52. The average Bonchev–Trinajstić information content (AvgIpc) is 3.35. The van der Waals surface area contributed by atoms with Crippen LogP contribution in [0.5, 0.6) is 0 Å². The minimum Gasteiger partial charge on any atom is -0.464 e. The summed E-state index contributed by atoms with van der Waals surface area (Å²) in [5.74, 6) is -0.808. The van der Waals surface area contributed by atoms with Crippen molar-refractivity contribution in [2.75, 3.05) is 4.90 Å². The summed E-state index contributed by atoms with van der Waals surface area (Å²) in [7, 11) is -4.28. The normalized spacial score (nSPS) is 12.9. The van der Waals surface area contributed by atoms with Gasteiger partial charge in [-0.3, -0.25) is 14.5 Å². The molecule has 0 aliphatic carbocycles. The molecule has 202 valence electrons. The van der Waals surface area contributed by atoms with Crippen molar-refractivity contribution in [3.05, 3.63) is 119 Å². The Morgan fingerprint density at radius 2 is 1.46 bits per heavy atom. The molecule has 0 fully saturated rings. The first-order valence-corrected chi connectivity index (χ1v) is 14.0. The number of hydrogen-bond acceptors (Lipinski definition) is 6. The van der Waals surface area contributed by atoms with Crippen molar-refractivity contribution in [1.82, 2.24) is 5.32 Å². The average molecular weight is 546 g/mol. The van der Waals surface area contributed by atoms with Crippen molar-refractivity contribution in [2.45, 2.75) is 43.6 Å². The summed E-state index contributed by atoms with van der Waals surface area (Å²) < 4.78 is 32.6. The van der Waals surface area contributed by atoms with E-state index in [-0.39, 0.29) is 17.2 Å². The number of anilines is 1. The molecular weight excluding hydrogens is 514 g/mol. The predicted octanol–water partition coefficient (Wildman–Crippen LogP) is 4.35. The maximum atomic E-state index is 14.1. The Morgan fingerprint density at radius 3 is 2.03 bits per heavy atom. The fourth-order valence-corrected chi connectivity index (χ4v) is 5.58. The first kappa shape index (κ1) is 27.8. The molecular formula is C30H31N3O5S. The van der Waals surface area contributed by atoms with Gasteiger partial charge in [0, 0.05) is 12.2 Å². The summed E-state index contributed by atoms with van der Waals surface area (Å²) in [5.41, 5.74) is 9.01. The van der Waals surface area contributed by atoms with Crippen LogP contribution in [-0.2, 0) is 26.0 Å². The van der Waals surface area contributed by atoms with Crippen LogP contribution in [0, 0.1) is 20.8 Å². The highest BCUT2D eigenvalue weighted by atomic mass is 32.2. The molecule has 4 rings (SSSR count). The Hall–Kier alpha value is -4.21. The highest BCUT2D eigenvalue weighted by molar-refractivity contribution is 7.92. The quantitative estimate of drug-likeness (QED) is 0.322. The van der Waals surface area contributed by atoms with Gasteiger partial charge >= 0.3 is 0 Å². The van der Waals surface area contributed by atoms with Crippen molar-refractivity contribution in [3.63, 3.8) is 0 Å². The number of amides is 2. The Kier molecular flexibility index (Phi) is 8.32. The van der Waals surface area contributed by atoms with Gasteiger partial charge in [-0.1, -0.05) is 54.6 Å². The maximum absolute atomic E-state index is 14.1. The predicted molar refractivity (Wildman–Crippen MR) is 149 cm³/mol. The van der Waals surface area contributed by atoms with Crippen LogP contribution < -0.4 is 16.0 Å². The highest BCUT2D eigenvalue weighted by Gasteiger charge is 2.41. The standard InChI is InChI=1S/C30H31N3O5S/c1-20-16-21(2)18-24(17-20)33(30(35)28(31)39(36,37)25-12-8-5-9-13-25)27(26-15-14-22(3)38-26)29(34)32-19-23-10-6-4-7-11-23/h4-18,27-28H,19,31H2,1-3H3,(H,32,34). The van der Waals surface area contributed by atoms with Crippen molar-refractivity contribution in [1.29, 1.82) is 0 Å². The number of nitrogens with one attached hydrogen (secondary N) is 1. The van der Waals surface area contributed by atoms with E-state index in [0.717, 1.165) is 21.6 Å². The number of sulfone groups is 1. The lowest BCUT2D eigenvalue weighted by Gasteiger charge is -2.32. The summed E-state index contributed by atoms with van der Waals surface area (Å²) in [4.78, 5) is 28.9. The first-order valence-electron chi connectivity index (χ1n) is 12.4. The number of furan rings is 1. The van der Waals surface area contributed by atoms with Crippen LogP contribution in [0.2, 0.25) is 0 Å². The van der Waals surface area contributed by atoms with Gasteiger partial charge in [-0.05, 0) is 73.9 Å². The fraction of sp³-hybridized carbons (Fsp3) is 0.200. The van der Waals surface area contributed by atoms with Crippen LogP contribution in [0.3, 0.4) is 0 Å². The van der Waals surface area contributed by atoms with Gasteiger partial charge in [0.15, 0.2) is 11.4 Å². The number of nitrogens with two attached hydrogens (primary N) is 1. The van der Waals surface area contributed by atoms with Crippen LogP contribution in [0.4, 0.5) is 5.69 Å². The van der Waals surface area contributed by atoms with Gasteiger partial charge in [0.1, 0.15) is 11.5 Å². The minimum atomic E-state index is -4.28. The van der Waals surface area contributed by atoms with Crippen LogP contribution >= 0.6 is 0 Å². The van der Waals surface area contributed by atoms with Crippen molar-refractivity contribution in [2.24, 2.45) is 5.73 Å². The summed E-state index contributed by atoms with van der Waals surface area (Å²) in [6, 6.07) is 24.1. The molecule has 3 aromatic carbocycles. The Balaban J connectivity index is 1.82. The lowest BCUT2D eigenvalue weighted by molar-refractivity contribution is -0.127. The summed E-state index contributed by atoms with van der Waals surface area (Å²) in [6.07, 6.45) is 0. The van der Waals surface area contributed by atoms with Gasteiger partial charge in [0.05, 0.1) is 4.90 Å². The van der Waals surface area contributed by atoms with Crippen molar-refractivity contribution < 1.29 is 22.4 Å². The summed E-state index contributed by atoms with van der Waals surface area (Å²) >= 11 is 0. The van der Waals surface area contributed by atoms with Crippen LogP contribution in [0.25, 0.3) is 0 Å². The highest BCUT2D eigenvalue weighted by Crippen LogP contribution is 2.32. The van der Waals surface area contributed by atoms with Gasteiger partial charge in [-0.2, -0.15) is 0 Å². The molecule has 1 heterocycles. The number of aryl methyl sites for hydroxylation is 3. The third-order valence-corrected chi connectivity index (χ3v) is 8.02. The summed E-state index contributed by atoms with van der Waals surface area (Å²) in [5, 5.41) is 0.896. The largest absolute Gasteiger partial charge is 0.464 e. The van der Waals surface area contributed by atoms with Crippen LogP contribution in [-0.4, -0.2) is 25.6 Å². The number of hydrogen-bond donors (Lipinski definition) is 2. The maximum Gasteiger partial charge on any atom is 0.261 e. The zero-order valence-electron chi connectivity index (χ0n) is 22.0. The second kappa shape index (κ2) is 11.7. The van der Waals surface area contributed by atoms with Gasteiger partial charge in [-0.25, -0.2) is 8.42 Å². The Bertz CT molecular complexity index is 1550. The van der Waals surface area contributed by atoms with E-state index in [0.29, 0.717) is 11.4 Å². The van der Waals surface area contributed by atoms with E-state index in [1.807, 2.05) is 50.2 Å². The Labute approximate surface area is 228 Å². The van der Waals surface area contributed by atoms with E-state index >= 15 is 0 Å². The van der Waals surface area contributed by atoms with Crippen molar-refractivity contribution in [3.8, 4) is 0 Å². The third kappa shape index (κ3) is 6.27. The van der Waals surface area contributed by atoms with E-state index in [4.69, 9.17) is 10.2 Å². The number of benzene rings is 3. The molecule has 0 saturated carbocycles. The SMILES string of the molecule is Cc1cc(C)cc(N(C(=O)C(N)S(=O)(=O)c2ccccc2)C(C(=O)NCc2ccccc2)c2ccc(C)o2)c1. The number of carbonyl (C=O) groups excluding carboxylic acids is 2. The molecule has 8 nitrogen and oxygen atoms in total. The van der Waals surface area contributed by atoms with Crippen LogP contribution in [0.1, 0.15) is 34.3 Å². The van der Waals surface area contributed by atoms with Gasteiger partial charge in [0.25, 0.3) is 11.8 Å². The molecule has 0 aliphatic heterocycles. The van der Waals surface area contributed by atoms with Gasteiger partial charge in [0.2, 0.25) is 9.84 Å². The molecule has 0 bridgehead atoms. The topological polar surface area (TPSA) is 123 Å². The smallest absolute Gasteiger partial charge is 0.261 e. The molecule has 39 heavy (non-hydrogen) atoms. The van der Waals surface area contributed by atoms with Gasteiger partial charge < -0.3 is 15.5 Å². The first-order chi connectivity index (χ1) is 18.6.